The smallest absolute Gasteiger partial charge is 0.319 e. The molecular weight excluding hydrogens is 459 g/mol. The third-order valence-electron chi connectivity index (χ3n) is 7.59. The zero-order valence-electron chi connectivity index (χ0n) is 21.0. The van der Waals surface area contributed by atoms with E-state index in [1.807, 2.05) is 49.5 Å². The van der Waals surface area contributed by atoms with Crippen LogP contribution >= 0.6 is 11.3 Å². The van der Waals surface area contributed by atoms with Crippen molar-refractivity contribution in [2.24, 2.45) is 5.41 Å². The van der Waals surface area contributed by atoms with Gasteiger partial charge in [0.15, 0.2) is 5.13 Å². The van der Waals surface area contributed by atoms with Gasteiger partial charge < -0.3 is 10.6 Å². The summed E-state index contributed by atoms with van der Waals surface area (Å²) in [6.45, 7) is 10.3. The number of amides is 2. The van der Waals surface area contributed by atoms with Crippen LogP contribution in [0.1, 0.15) is 49.7 Å². The second-order valence-electron chi connectivity index (χ2n) is 10.2. The van der Waals surface area contributed by atoms with Crippen LogP contribution in [0, 0.1) is 17.5 Å². The molecule has 7 heteroatoms. The van der Waals surface area contributed by atoms with Crippen LogP contribution in [0.25, 0.3) is 0 Å². The molecule has 0 radical (unpaired) electrons. The number of carbonyl (C=O) groups is 1. The predicted molar refractivity (Wildman–Crippen MR) is 141 cm³/mol. The Hall–Kier alpha value is -2.77. The number of nitrogens with one attached hydrogen (secondary N) is 2. The number of aryl methyl sites for hydroxylation is 2. The largest absolute Gasteiger partial charge is 0.335 e. The first-order valence-corrected chi connectivity index (χ1v) is 13.0. The summed E-state index contributed by atoms with van der Waals surface area (Å²) in [4.78, 5) is 20.9. The Balaban J connectivity index is 1.52. The SMILES string of the molecule is Cc1ccc(C(C)(C)N2CC[C@@](CCc3ccc(F)s3)([C@@H](C)NC(=O)Nc3ccccc3)C2)cn1. The van der Waals surface area contributed by atoms with Gasteiger partial charge in [-0.1, -0.05) is 24.3 Å². The number of halogens is 1. The van der Waals surface area contributed by atoms with Gasteiger partial charge in [0.2, 0.25) is 0 Å². The van der Waals surface area contributed by atoms with Crippen molar-refractivity contribution in [3.63, 3.8) is 0 Å². The lowest BCUT2D eigenvalue weighted by Gasteiger charge is -2.40. The fourth-order valence-electron chi connectivity index (χ4n) is 5.06. The van der Waals surface area contributed by atoms with Gasteiger partial charge >= 0.3 is 6.03 Å². The molecule has 2 aromatic heterocycles. The number of thiophene rings is 1. The van der Waals surface area contributed by atoms with Gasteiger partial charge in [-0.15, -0.1) is 11.3 Å². The maximum absolute atomic E-state index is 13.6. The van der Waals surface area contributed by atoms with E-state index < -0.39 is 0 Å². The topological polar surface area (TPSA) is 57.3 Å². The predicted octanol–water partition coefficient (Wildman–Crippen LogP) is 6.36. The number of anilines is 1. The maximum Gasteiger partial charge on any atom is 0.319 e. The molecule has 2 N–H and O–H groups in total. The molecule has 3 aromatic rings. The molecule has 1 aromatic carbocycles. The van der Waals surface area contributed by atoms with Gasteiger partial charge in [0.1, 0.15) is 0 Å². The number of pyridine rings is 1. The summed E-state index contributed by atoms with van der Waals surface area (Å²) in [7, 11) is 0. The average Bonchev–Trinajstić information content (AvgIpc) is 3.46. The summed E-state index contributed by atoms with van der Waals surface area (Å²) in [5.41, 5.74) is 2.63. The molecule has 1 aliphatic heterocycles. The average molecular weight is 495 g/mol. The van der Waals surface area contributed by atoms with Gasteiger partial charge in [-0.05, 0) is 89.4 Å². The molecule has 3 heterocycles. The summed E-state index contributed by atoms with van der Waals surface area (Å²) in [5, 5.41) is 6.01. The van der Waals surface area contributed by atoms with Crippen LogP contribution in [0.3, 0.4) is 0 Å². The second-order valence-corrected chi connectivity index (χ2v) is 11.3. The van der Waals surface area contributed by atoms with Gasteiger partial charge in [-0.25, -0.2) is 4.79 Å². The fourth-order valence-corrected chi connectivity index (χ4v) is 5.78. The molecule has 0 bridgehead atoms. The first-order valence-electron chi connectivity index (χ1n) is 12.2. The Bertz CT molecular complexity index is 1130. The lowest BCUT2D eigenvalue weighted by atomic mass is 9.75. The van der Waals surface area contributed by atoms with Crippen LogP contribution < -0.4 is 10.6 Å². The molecule has 186 valence electrons. The van der Waals surface area contributed by atoms with Crippen molar-refractivity contribution in [1.82, 2.24) is 15.2 Å². The second kappa shape index (κ2) is 10.5. The van der Waals surface area contributed by atoms with E-state index in [1.54, 1.807) is 0 Å². The molecule has 0 spiro atoms. The summed E-state index contributed by atoms with van der Waals surface area (Å²) in [6.07, 6.45) is 4.59. The van der Waals surface area contributed by atoms with E-state index in [0.29, 0.717) is 0 Å². The van der Waals surface area contributed by atoms with E-state index in [0.717, 1.165) is 48.6 Å². The normalized spacial score (nSPS) is 19.5. The number of likely N-dealkylation sites (tertiary alicyclic amines) is 1. The van der Waals surface area contributed by atoms with E-state index in [9.17, 15) is 9.18 Å². The summed E-state index contributed by atoms with van der Waals surface area (Å²) < 4.78 is 13.6. The van der Waals surface area contributed by atoms with Crippen molar-refractivity contribution >= 4 is 23.1 Å². The monoisotopic (exact) mass is 494 g/mol. The van der Waals surface area contributed by atoms with Crippen LogP contribution in [0.2, 0.25) is 0 Å². The highest BCUT2D eigenvalue weighted by atomic mass is 32.1. The Morgan fingerprint density at radius 2 is 1.97 bits per heavy atom. The lowest BCUT2D eigenvalue weighted by Crippen LogP contribution is -2.50. The third-order valence-corrected chi connectivity index (χ3v) is 8.52. The quantitative estimate of drug-likeness (QED) is 0.383. The van der Waals surface area contributed by atoms with Crippen molar-refractivity contribution in [1.29, 1.82) is 0 Å². The number of aromatic nitrogens is 1. The van der Waals surface area contributed by atoms with Gasteiger partial charge in [0, 0.05) is 46.0 Å². The number of nitrogens with zero attached hydrogens (tertiary/aromatic N) is 2. The molecule has 2 atom stereocenters. The maximum atomic E-state index is 13.6. The number of hydrogen-bond acceptors (Lipinski definition) is 4. The molecule has 1 aliphatic rings. The highest BCUT2D eigenvalue weighted by molar-refractivity contribution is 7.10. The Morgan fingerprint density at radius 1 is 1.20 bits per heavy atom. The number of hydrogen-bond donors (Lipinski definition) is 2. The number of carbonyl (C=O) groups excluding carboxylic acids is 1. The van der Waals surface area contributed by atoms with Gasteiger partial charge in [-0.2, -0.15) is 4.39 Å². The summed E-state index contributed by atoms with van der Waals surface area (Å²) >= 11 is 1.21. The Labute approximate surface area is 211 Å². The zero-order valence-corrected chi connectivity index (χ0v) is 21.8. The standard InChI is InChI=1S/C28H35FN4OS/c1-20-10-11-22(18-30-20)27(3,4)33-17-16-28(19-33,15-14-24-12-13-25(29)35-24)21(2)31-26(34)32-23-8-6-5-7-9-23/h5-13,18,21H,14-17,19H2,1-4H3,(H2,31,32,34)/t21-,28-/m1/s1. The number of urea groups is 1. The molecule has 1 fully saturated rings. The zero-order chi connectivity index (χ0) is 25.1. The van der Waals surface area contributed by atoms with Gasteiger partial charge in [0.05, 0.1) is 0 Å². The molecule has 5 nitrogen and oxygen atoms in total. The van der Waals surface area contributed by atoms with Gasteiger partial charge in [-0.3, -0.25) is 9.88 Å². The van der Waals surface area contributed by atoms with Crippen molar-refractivity contribution < 1.29 is 9.18 Å². The molecule has 0 saturated carbocycles. The van der Waals surface area contributed by atoms with Crippen molar-refractivity contribution in [3.8, 4) is 0 Å². The highest BCUT2D eigenvalue weighted by Gasteiger charge is 2.47. The minimum Gasteiger partial charge on any atom is -0.335 e. The summed E-state index contributed by atoms with van der Waals surface area (Å²) in [6, 6.07) is 16.8. The lowest BCUT2D eigenvalue weighted by molar-refractivity contribution is 0.113. The van der Waals surface area contributed by atoms with Crippen LogP contribution in [0.4, 0.5) is 14.9 Å². The van der Waals surface area contributed by atoms with Crippen LogP contribution in [-0.4, -0.2) is 35.0 Å². The van der Waals surface area contributed by atoms with E-state index in [2.05, 4.69) is 53.4 Å². The first-order chi connectivity index (χ1) is 16.7. The van der Waals surface area contributed by atoms with E-state index in [1.165, 1.54) is 23.0 Å². The van der Waals surface area contributed by atoms with E-state index >= 15 is 0 Å². The molecule has 1 saturated heterocycles. The molecular formula is C28H35FN4OS. The van der Waals surface area contributed by atoms with Crippen molar-refractivity contribution in [2.45, 2.75) is 58.5 Å². The summed E-state index contributed by atoms with van der Waals surface area (Å²) in [5.74, 6) is 0. The molecule has 35 heavy (non-hydrogen) atoms. The Kier molecular flexibility index (Phi) is 7.57. The number of benzene rings is 1. The molecule has 0 aliphatic carbocycles. The number of para-hydroxylation sites is 1. The minimum atomic E-state index is -0.203. The van der Waals surface area contributed by atoms with Crippen LogP contribution in [0.15, 0.2) is 60.8 Å². The van der Waals surface area contributed by atoms with Crippen molar-refractivity contribution in [3.05, 3.63) is 82.1 Å². The molecule has 2 amide bonds. The Morgan fingerprint density at radius 3 is 2.63 bits per heavy atom. The van der Waals surface area contributed by atoms with Crippen LogP contribution in [-0.2, 0) is 12.0 Å². The van der Waals surface area contributed by atoms with E-state index in [4.69, 9.17) is 0 Å². The van der Waals surface area contributed by atoms with Gasteiger partial charge in [0.25, 0.3) is 0 Å². The highest BCUT2D eigenvalue weighted by Crippen LogP contribution is 2.44. The minimum absolute atomic E-state index is 0.0621. The van der Waals surface area contributed by atoms with Crippen molar-refractivity contribution in [2.75, 3.05) is 18.4 Å². The fraction of sp³-hybridized carbons (Fsp3) is 0.429. The van der Waals surface area contributed by atoms with E-state index in [-0.39, 0.29) is 28.2 Å². The molecule has 0 unspecified atom stereocenters. The third kappa shape index (κ3) is 5.90. The molecule has 4 rings (SSSR count). The van der Waals surface area contributed by atoms with Crippen LogP contribution in [0.5, 0.6) is 0 Å². The first kappa shape index (κ1) is 25.3. The number of rotatable bonds is 8.